The van der Waals surface area contributed by atoms with Crippen LogP contribution < -0.4 is 21.5 Å². The lowest BCUT2D eigenvalue weighted by atomic mass is 9.97. The first kappa shape index (κ1) is 23.8. The molecule has 0 amide bonds. The SMILES string of the molecule is CNc1cc(F)c(F)c2c1Cc1ncc(-c3ccc4ccc(C(=O)O)c(=O)n4c3)c(N3CC[C@]4(C[C@H]4N)C3)c1-2. The highest BCUT2D eigenvalue weighted by Gasteiger charge is 2.56. The molecule has 3 aromatic heterocycles. The number of nitrogens with zero attached hydrogens (tertiary/aromatic N) is 3. The number of nitrogens with two attached hydrogens (primary N) is 1. The summed E-state index contributed by atoms with van der Waals surface area (Å²) in [5.41, 5.74) is 10.4. The zero-order valence-electron chi connectivity index (χ0n) is 21.1. The molecule has 1 aliphatic heterocycles. The van der Waals surface area contributed by atoms with E-state index in [1.165, 1.54) is 16.5 Å². The van der Waals surface area contributed by atoms with E-state index in [0.29, 0.717) is 58.7 Å². The van der Waals surface area contributed by atoms with Crippen molar-refractivity contribution in [2.75, 3.05) is 30.4 Å². The molecule has 1 spiro atoms. The molecule has 2 atom stereocenters. The molecule has 1 aromatic carbocycles. The summed E-state index contributed by atoms with van der Waals surface area (Å²) in [6.07, 6.45) is 5.45. The molecule has 2 aliphatic carbocycles. The number of aromatic carboxylic acids is 1. The van der Waals surface area contributed by atoms with Crippen LogP contribution in [0.5, 0.6) is 0 Å². The summed E-state index contributed by atoms with van der Waals surface area (Å²) < 4.78 is 31.6. The van der Waals surface area contributed by atoms with Gasteiger partial charge < -0.3 is 21.1 Å². The highest BCUT2D eigenvalue weighted by atomic mass is 19.2. The zero-order valence-corrected chi connectivity index (χ0v) is 21.1. The fourth-order valence-corrected chi connectivity index (χ4v) is 6.43. The van der Waals surface area contributed by atoms with Crippen LogP contribution >= 0.6 is 0 Å². The second kappa shape index (κ2) is 8.09. The van der Waals surface area contributed by atoms with Gasteiger partial charge in [-0.15, -0.1) is 0 Å². The highest BCUT2D eigenvalue weighted by molar-refractivity contribution is 5.97. The number of hydrogen-bond acceptors (Lipinski definition) is 6. The molecule has 1 saturated heterocycles. The van der Waals surface area contributed by atoms with Gasteiger partial charge in [0.05, 0.1) is 11.4 Å². The molecule has 8 nitrogen and oxygen atoms in total. The van der Waals surface area contributed by atoms with Gasteiger partial charge in [0.15, 0.2) is 11.6 Å². The number of halogens is 2. The van der Waals surface area contributed by atoms with Crippen molar-refractivity contribution in [1.82, 2.24) is 9.38 Å². The Kier molecular flexibility index (Phi) is 4.94. The number of aromatic nitrogens is 2. The van der Waals surface area contributed by atoms with Crippen LogP contribution in [0, 0.1) is 17.0 Å². The van der Waals surface area contributed by atoms with Crippen LogP contribution in [0.1, 0.15) is 34.5 Å². The van der Waals surface area contributed by atoms with Crippen LogP contribution in [-0.4, -0.2) is 46.6 Å². The molecule has 198 valence electrons. The molecule has 4 heterocycles. The summed E-state index contributed by atoms with van der Waals surface area (Å²) in [5, 5.41) is 12.4. The number of pyridine rings is 3. The van der Waals surface area contributed by atoms with Crippen molar-refractivity contribution in [2.45, 2.75) is 25.3 Å². The van der Waals surface area contributed by atoms with Crippen molar-refractivity contribution in [3.05, 3.63) is 81.5 Å². The number of carboxylic acids is 1. The van der Waals surface area contributed by atoms with Gasteiger partial charge in [-0.2, -0.15) is 0 Å². The van der Waals surface area contributed by atoms with Crippen molar-refractivity contribution < 1.29 is 18.7 Å². The van der Waals surface area contributed by atoms with Gasteiger partial charge >= 0.3 is 5.97 Å². The highest BCUT2D eigenvalue weighted by Crippen LogP contribution is 2.56. The smallest absolute Gasteiger partial charge is 0.341 e. The van der Waals surface area contributed by atoms with Crippen LogP contribution in [0.25, 0.3) is 27.8 Å². The molecule has 0 radical (unpaired) electrons. The normalized spacial score (nSPS) is 20.9. The summed E-state index contributed by atoms with van der Waals surface area (Å²) in [7, 11) is 1.67. The minimum atomic E-state index is -1.31. The largest absolute Gasteiger partial charge is 0.477 e. The summed E-state index contributed by atoms with van der Waals surface area (Å²) in [6, 6.07) is 7.70. The molecule has 4 N–H and O–H groups in total. The minimum absolute atomic E-state index is 0.00217. The van der Waals surface area contributed by atoms with E-state index in [1.807, 2.05) is 6.07 Å². The van der Waals surface area contributed by atoms with Crippen LogP contribution in [0.4, 0.5) is 20.2 Å². The van der Waals surface area contributed by atoms with Gasteiger partial charge in [0.2, 0.25) is 0 Å². The minimum Gasteiger partial charge on any atom is -0.477 e. The molecule has 0 unspecified atom stereocenters. The molecular formula is C29H25F2N5O3. The summed E-state index contributed by atoms with van der Waals surface area (Å²) in [4.78, 5) is 31.4. The molecule has 1 saturated carbocycles. The average molecular weight is 530 g/mol. The molecular weight excluding hydrogens is 504 g/mol. The lowest BCUT2D eigenvalue weighted by Crippen LogP contribution is -2.24. The first-order chi connectivity index (χ1) is 18.7. The van der Waals surface area contributed by atoms with E-state index >= 15 is 4.39 Å². The van der Waals surface area contributed by atoms with Crippen LogP contribution in [-0.2, 0) is 6.42 Å². The number of rotatable bonds is 4. The topological polar surface area (TPSA) is 113 Å². The van der Waals surface area contributed by atoms with E-state index in [0.717, 1.165) is 18.5 Å². The molecule has 3 aliphatic rings. The third-order valence-corrected chi connectivity index (χ3v) is 8.67. The maximum atomic E-state index is 15.5. The zero-order chi connectivity index (χ0) is 27.2. The predicted molar refractivity (Wildman–Crippen MR) is 143 cm³/mol. The molecule has 4 aromatic rings. The van der Waals surface area contributed by atoms with Crippen LogP contribution in [0.15, 0.2) is 47.5 Å². The first-order valence-electron chi connectivity index (χ1n) is 12.8. The Morgan fingerprint density at radius 1 is 1.23 bits per heavy atom. The fourth-order valence-electron chi connectivity index (χ4n) is 6.43. The fraction of sp³-hybridized carbons (Fsp3) is 0.276. The van der Waals surface area contributed by atoms with E-state index in [-0.39, 0.29) is 22.6 Å². The van der Waals surface area contributed by atoms with Crippen LogP contribution in [0.2, 0.25) is 0 Å². The Bertz CT molecular complexity index is 1800. The average Bonchev–Trinajstić information content (AvgIpc) is 3.23. The Morgan fingerprint density at radius 3 is 2.69 bits per heavy atom. The molecule has 2 fully saturated rings. The third-order valence-electron chi connectivity index (χ3n) is 8.67. The van der Waals surface area contributed by atoms with Crippen molar-refractivity contribution in [3.63, 3.8) is 0 Å². The van der Waals surface area contributed by atoms with Gasteiger partial charge in [-0.3, -0.25) is 14.2 Å². The number of fused-ring (bicyclic) bond motifs is 4. The number of benzene rings is 1. The summed E-state index contributed by atoms with van der Waals surface area (Å²) in [6.45, 7) is 1.37. The van der Waals surface area contributed by atoms with E-state index in [9.17, 15) is 19.1 Å². The predicted octanol–water partition coefficient (Wildman–Crippen LogP) is 3.88. The third kappa shape index (κ3) is 3.34. The molecule has 7 rings (SSSR count). The van der Waals surface area contributed by atoms with E-state index < -0.39 is 23.2 Å². The number of anilines is 2. The van der Waals surface area contributed by atoms with Crippen molar-refractivity contribution >= 4 is 22.9 Å². The van der Waals surface area contributed by atoms with Crippen molar-refractivity contribution in [3.8, 4) is 22.3 Å². The second-order valence-corrected chi connectivity index (χ2v) is 10.8. The van der Waals surface area contributed by atoms with Crippen molar-refractivity contribution in [2.24, 2.45) is 11.1 Å². The maximum Gasteiger partial charge on any atom is 0.341 e. The van der Waals surface area contributed by atoms with Gasteiger partial charge in [0.1, 0.15) is 5.56 Å². The standard InChI is InChI=1S/C29H25F2N5O3/c1-33-20-9-19(30)25(31)23-17(20)8-21-24(23)26(35-7-6-29(13-35)10-22(29)32)18(11-34-21)14-2-3-15-4-5-16(28(38)39)27(37)36(15)12-14/h2-5,9,11-12,22,33H,6-8,10,13,32H2,1H3,(H,38,39)/t22-,29+/m1/s1. The Balaban J connectivity index is 1.50. The molecule has 0 bridgehead atoms. The van der Waals surface area contributed by atoms with Crippen LogP contribution in [0.3, 0.4) is 0 Å². The Labute approximate surface area is 221 Å². The van der Waals surface area contributed by atoms with Gasteiger partial charge in [-0.25, -0.2) is 13.6 Å². The number of nitrogens with one attached hydrogen (secondary N) is 1. The first-order valence-corrected chi connectivity index (χ1v) is 12.8. The second-order valence-electron chi connectivity index (χ2n) is 10.8. The van der Waals surface area contributed by atoms with Gasteiger partial charge in [-0.05, 0) is 36.6 Å². The Hall–Kier alpha value is -4.31. The van der Waals surface area contributed by atoms with E-state index in [1.54, 1.807) is 31.6 Å². The van der Waals surface area contributed by atoms with E-state index in [4.69, 9.17) is 10.7 Å². The molecule has 10 heteroatoms. The number of carboxylic acid groups (broad SMARTS) is 1. The number of carbonyl (C=O) groups is 1. The lowest BCUT2D eigenvalue weighted by molar-refractivity contribution is 0.0694. The molecule has 39 heavy (non-hydrogen) atoms. The van der Waals surface area contributed by atoms with Crippen molar-refractivity contribution in [1.29, 1.82) is 0 Å². The number of hydrogen-bond donors (Lipinski definition) is 3. The summed E-state index contributed by atoms with van der Waals surface area (Å²) >= 11 is 0. The van der Waals surface area contributed by atoms with Gasteiger partial charge in [0.25, 0.3) is 5.56 Å². The lowest BCUT2D eigenvalue weighted by Gasteiger charge is -2.26. The Morgan fingerprint density at radius 2 is 2.00 bits per heavy atom. The van der Waals surface area contributed by atoms with E-state index in [2.05, 4.69) is 10.2 Å². The quantitative estimate of drug-likeness (QED) is 0.324. The summed E-state index contributed by atoms with van der Waals surface area (Å²) in [5.74, 6) is -3.17. The van der Waals surface area contributed by atoms with Gasteiger partial charge in [-0.1, -0.05) is 6.07 Å². The maximum absolute atomic E-state index is 15.5. The van der Waals surface area contributed by atoms with Gasteiger partial charge in [0, 0.05) is 89.9 Å². The monoisotopic (exact) mass is 529 g/mol.